The minimum atomic E-state index is -2.23. The van der Waals surface area contributed by atoms with Crippen molar-refractivity contribution < 1.29 is 40.8 Å². The Morgan fingerprint density at radius 1 is 1.07 bits per heavy atom. The standard InChI is InChI=1S/C18H24Cl3NO8/c1-5-7-25-9-12-13(27-10(3)23)14(26-8-6-2)15(28-11(4)24)16(29-12)30-17(22)18(19,20)21/h5-6,12-16,22H,1-2,7-9H2,3-4H3/t12-,13+,14+,15-,16?/m1/s1/i1D,2D. The largest absolute Gasteiger partial charge is 0.457 e. The average molecular weight is 491 g/mol. The minimum Gasteiger partial charge on any atom is -0.457 e. The van der Waals surface area contributed by atoms with Crippen LogP contribution in [0.1, 0.15) is 16.6 Å². The molecule has 1 N–H and O–H groups in total. The highest BCUT2D eigenvalue weighted by atomic mass is 35.6. The molecule has 30 heavy (non-hydrogen) atoms. The Kier molecular flexibility index (Phi) is 9.70. The fourth-order valence-corrected chi connectivity index (χ4v) is 2.68. The lowest BCUT2D eigenvalue weighted by atomic mass is 9.98. The quantitative estimate of drug-likeness (QED) is 0.124. The second kappa shape index (κ2) is 12.5. The smallest absolute Gasteiger partial charge is 0.303 e. The number of carbonyl (C=O) groups is 2. The van der Waals surface area contributed by atoms with E-state index in [9.17, 15) is 9.59 Å². The van der Waals surface area contributed by atoms with Gasteiger partial charge in [-0.2, -0.15) is 0 Å². The molecule has 9 nitrogen and oxygen atoms in total. The first-order valence-electron chi connectivity index (χ1n) is 9.75. The van der Waals surface area contributed by atoms with Crippen LogP contribution < -0.4 is 0 Å². The van der Waals surface area contributed by atoms with Gasteiger partial charge in [-0.15, -0.1) is 13.1 Å². The van der Waals surface area contributed by atoms with Gasteiger partial charge < -0.3 is 28.4 Å². The molecule has 1 aliphatic heterocycles. The van der Waals surface area contributed by atoms with Crippen LogP contribution in [0.4, 0.5) is 0 Å². The molecular formula is C18H24Cl3NO8. The number of carbonyl (C=O) groups excluding carboxylic acids is 2. The highest BCUT2D eigenvalue weighted by molar-refractivity contribution is 6.76. The van der Waals surface area contributed by atoms with E-state index in [1.165, 1.54) is 19.1 Å². The van der Waals surface area contributed by atoms with Gasteiger partial charge in [0.15, 0.2) is 12.2 Å². The summed E-state index contributed by atoms with van der Waals surface area (Å²) < 4.78 is 44.8. The third-order valence-corrected chi connectivity index (χ3v) is 4.08. The summed E-state index contributed by atoms with van der Waals surface area (Å²) in [6, 6.07) is 0. The summed E-state index contributed by atoms with van der Waals surface area (Å²) in [4.78, 5) is 23.5. The van der Waals surface area contributed by atoms with Crippen LogP contribution in [-0.2, 0) is 38.0 Å². The molecule has 1 saturated heterocycles. The van der Waals surface area contributed by atoms with Gasteiger partial charge in [-0.05, 0) is 0 Å². The van der Waals surface area contributed by atoms with Gasteiger partial charge in [0, 0.05) is 13.8 Å². The Bertz CT molecular complexity index is 704. The van der Waals surface area contributed by atoms with Gasteiger partial charge in [-0.3, -0.25) is 15.0 Å². The predicted octanol–water partition coefficient (Wildman–Crippen LogP) is 2.71. The van der Waals surface area contributed by atoms with E-state index in [2.05, 4.69) is 0 Å². The van der Waals surface area contributed by atoms with Crippen LogP contribution >= 0.6 is 34.8 Å². The second-order valence-electron chi connectivity index (χ2n) is 5.94. The molecule has 0 aromatic rings. The normalized spacial score (nSPS) is 28.1. The molecule has 1 fully saturated rings. The maximum atomic E-state index is 11.7. The van der Waals surface area contributed by atoms with Crippen LogP contribution in [0.25, 0.3) is 0 Å². The van der Waals surface area contributed by atoms with Gasteiger partial charge in [0.2, 0.25) is 12.2 Å². The molecule has 1 unspecified atom stereocenters. The summed E-state index contributed by atoms with van der Waals surface area (Å²) in [5, 5.41) is 7.84. The van der Waals surface area contributed by atoms with E-state index in [1.807, 2.05) is 0 Å². The molecule has 170 valence electrons. The molecule has 0 spiro atoms. The highest BCUT2D eigenvalue weighted by Gasteiger charge is 2.52. The van der Waals surface area contributed by atoms with Crippen LogP contribution in [0.15, 0.2) is 25.3 Å². The SMILES string of the molecule is [2H]C=CCOC[C@H]1OC(OC(=N)C(Cl)(Cl)Cl)[C@H](OC(C)=O)[C@@H](OCC=C[2H])[C@H]1OC(C)=O. The van der Waals surface area contributed by atoms with E-state index in [0.717, 1.165) is 20.0 Å². The Morgan fingerprint density at radius 3 is 2.23 bits per heavy atom. The van der Waals surface area contributed by atoms with Crippen LogP contribution in [0.5, 0.6) is 0 Å². The molecule has 1 heterocycles. The maximum absolute atomic E-state index is 11.7. The Hall–Kier alpha value is -1.36. The van der Waals surface area contributed by atoms with Gasteiger partial charge >= 0.3 is 11.9 Å². The van der Waals surface area contributed by atoms with Crippen LogP contribution in [-0.4, -0.2) is 72.2 Å². The summed E-state index contributed by atoms with van der Waals surface area (Å²) in [5.41, 5.74) is 0. The van der Waals surface area contributed by atoms with Crippen LogP contribution in [0, 0.1) is 5.41 Å². The topological polar surface area (TPSA) is 113 Å². The zero-order chi connectivity index (χ0) is 24.3. The van der Waals surface area contributed by atoms with Crippen molar-refractivity contribution in [3.05, 3.63) is 25.3 Å². The summed E-state index contributed by atoms with van der Waals surface area (Å²) >= 11 is 17.1. The molecule has 1 aliphatic rings. The van der Waals surface area contributed by atoms with Crippen molar-refractivity contribution in [2.75, 3.05) is 19.8 Å². The monoisotopic (exact) mass is 489 g/mol. The lowest BCUT2D eigenvalue weighted by molar-refractivity contribution is -0.296. The van der Waals surface area contributed by atoms with Crippen molar-refractivity contribution in [3.63, 3.8) is 0 Å². The van der Waals surface area contributed by atoms with Gasteiger partial charge in [-0.1, -0.05) is 47.0 Å². The fourth-order valence-electron chi connectivity index (χ4n) is 2.55. The number of rotatable bonds is 10. The molecule has 0 radical (unpaired) electrons. The fraction of sp³-hybridized carbons (Fsp3) is 0.611. The predicted molar refractivity (Wildman–Crippen MR) is 110 cm³/mol. The first-order valence-corrected chi connectivity index (χ1v) is 9.73. The average Bonchev–Trinajstić information content (AvgIpc) is 2.68. The molecule has 0 amide bonds. The number of halogens is 3. The van der Waals surface area contributed by atoms with E-state index in [-0.39, 0.29) is 19.8 Å². The number of hydrogen-bond donors (Lipinski definition) is 1. The summed E-state index contributed by atoms with van der Waals surface area (Å²) in [6.45, 7) is 4.13. The maximum Gasteiger partial charge on any atom is 0.303 e. The molecule has 0 aromatic carbocycles. The van der Waals surface area contributed by atoms with E-state index < -0.39 is 52.3 Å². The third-order valence-electron chi connectivity index (χ3n) is 3.57. The molecule has 12 heteroatoms. The number of nitrogens with one attached hydrogen (secondary N) is 1. The second-order valence-corrected chi connectivity index (χ2v) is 8.22. The Labute approximate surface area is 192 Å². The molecule has 5 atom stereocenters. The molecule has 0 aliphatic carbocycles. The lowest BCUT2D eigenvalue weighted by Gasteiger charge is -2.44. The van der Waals surface area contributed by atoms with E-state index in [0.29, 0.717) is 0 Å². The van der Waals surface area contributed by atoms with Crippen LogP contribution in [0.2, 0.25) is 0 Å². The summed E-state index contributed by atoms with van der Waals surface area (Å²) in [7, 11) is 0. The summed E-state index contributed by atoms with van der Waals surface area (Å²) in [5.74, 6) is -2.22. The van der Waals surface area contributed by atoms with Gasteiger partial charge in [-0.25, -0.2) is 0 Å². The first kappa shape index (κ1) is 23.3. The van der Waals surface area contributed by atoms with Crippen molar-refractivity contribution in [2.45, 2.75) is 48.3 Å². The number of ether oxygens (including phenoxy) is 6. The number of esters is 2. The molecule has 0 saturated carbocycles. The van der Waals surface area contributed by atoms with Crippen LogP contribution in [0.3, 0.4) is 0 Å². The minimum absolute atomic E-state index is 0.0616. The molecule has 1 rings (SSSR count). The van der Waals surface area contributed by atoms with Crippen molar-refractivity contribution in [2.24, 2.45) is 0 Å². The molecule has 0 aromatic heterocycles. The third kappa shape index (κ3) is 8.41. The van der Waals surface area contributed by atoms with Crippen molar-refractivity contribution in [1.82, 2.24) is 0 Å². The zero-order valence-electron chi connectivity index (χ0n) is 18.2. The van der Waals surface area contributed by atoms with Gasteiger partial charge in [0.1, 0.15) is 12.2 Å². The van der Waals surface area contributed by atoms with Crippen molar-refractivity contribution >= 4 is 52.6 Å². The van der Waals surface area contributed by atoms with E-state index in [4.69, 9.17) is 71.4 Å². The molecular weight excluding hydrogens is 465 g/mol. The van der Waals surface area contributed by atoms with E-state index in [1.54, 1.807) is 0 Å². The van der Waals surface area contributed by atoms with E-state index >= 15 is 0 Å². The number of alkyl halides is 3. The van der Waals surface area contributed by atoms with Gasteiger partial charge in [0.05, 0.1) is 22.6 Å². The highest BCUT2D eigenvalue weighted by Crippen LogP contribution is 2.33. The lowest BCUT2D eigenvalue weighted by Crippen LogP contribution is -2.63. The summed E-state index contributed by atoms with van der Waals surface area (Å²) in [6.07, 6.45) is -3.34. The number of hydrogen-bond acceptors (Lipinski definition) is 9. The zero-order valence-corrected chi connectivity index (χ0v) is 18.5. The first-order chi connectivity index (χ1) is 15.0. The Morgan fingerprint density at radius 2 is 1.67 bits per heavy atom. The Balaban J connectivity index is 3.31. The van der Waals surface area contributed by atoms with Crippen molar-refractivity contribution in [1.29, 1.82) is 5.41 Å². The van der Waals surface area contributed by atoms with Gasteiger partial charge in [0.25, 0.3) is 3.79 Å². The van der Waals surface area contributed by atoms with Crippen molar-refractivity contribution in [3.8, 4) is 0 Å². The molecule has 0 bridgehead atoms.